The first-order valence-corrected chi connectivity index (χ1v) is 3.69. The molecule has 0 saturated heterocycles. The van der Waals surface area contributed by atoms with Crippen LogP contribution in [0.2, 0.25) is 0 Å². The number of esters is 1. The smallest absolute Gasteiger partial charge is 0.354 e. The fraction of sp³-hybridized carbons (Fsp3) is 0. The average molecular weight is 193 g/mol. The van der Waals surface area contributed by atoms with Crippen LogP contribution >= 0.6 is 0 Å². The largest absolute Gasteiger partial charge is 0.478 e. The van der Waals surface area contributed by atoms with E-state index in [0.717, 1.165) is 0 Å². The van der Waals surface area contributed by atoms with E-state index in [1.807, 2.05) is 0 Å². The predicted octanol–water partition coefficient (Wildman–Crippen LogP) is 0.940. The van der Waals surface area contributed by atoms with Gasteiger partial charge in [0.1, 0.15) is 17.5 Å². The zero-order valence-corrected chi connectivity index (χ0v) is 7.06. The van der Waals surface area contributed by atoms with E-state index in [1.165, 1.54) is 18.2 Å². The number of hydrogen-bond donors (Lipinski definition) is 2. The normalized spacial score (nSPS) is 9.14. The molecule has 1 rings (SSSR count). The second kappa shape index (κ2) is 4.18. The van der Waals surface area contributed by atoms with Crippen molar-refractivity contribution in [1.82, 2.24) is 0 Å². The first kappa shape index (κ1) is 9.91. The Morgan fingerprint density at radius 3 is 2.57 bits per heavy atom. The Morgan fingerprint density at radius 2 is 2.00 bits per heavy atom. The Kier molecular flexibility index (Phi) is 2.96. The fourth-order valence-electron chi connectivity index (χ4n) is 0.870. The standard InChI is InChI=1S/C9H7NO4/c10-5-8(11)14-7-4-2-1-3-6(7)9(12)13/h1-5,10H,(H,12,13). The number of carboxylic acid groups (broad SMARTS) is 1. The van der Waals surface area contributed by atoms with E-state index < -0.39 is 11.9 Å². The van der Waals surface area contributed by atoms with Crippen molar-refractivity contribution in [2.45, 2.75) is 0 Å². The first-order valence-electron chi connectivity index (χ1n) is 3.69. The third-order valence-corrected chi connectivity index (χ3v) is 1.45. The Bertz CT molecular complexity index is 386. The maximum Gasteiger partial charge on any atom is 0.354 e. The van der Waals surface area contributed by atoms with E-state index in [2.05, 4.69) is 4.74 Å². The second-order valence-electron chi connectivity index (χ2n) is 2.37. The molecule has 0 atom stereocenters. The molecular formula is C9H7NO4. The average Bonchev–Trinajstić information content (AvgIpc) is 2.18. The number of ether oxygens (including phenoxy) is 1. The van der Waals surface area contributed by atoms with Crippen molar-refractivity contribution in [1.29, 1.82) is 5.41 Å². The van der Waals surface area contributed by atoms with E-state index in [1.54, 1.807) is 6.07 Å². The van der Waals surface area contributed by atoms with Gasteiger partial charge in [-0.1, -0.05) is 12.1 Å². The highest BCUT2D eigenvalue weighted by atomic mass is 16.5. The molecule has 14 heavy (non-hydrogen) atoms. The van der Waals surface area contributed by atoms with Crippen molar-refractivity contribution in [3.8, 4) is 5.75 Å². The lowest BCUT2D eigenvalue weighted by molar-refractivity contribution is -0.126. The topological polar surface area (TPSA) is 87.5 Å². The number of benzene rings is 1. The quantitative estimate of drug-likeness (QED) is 0.424. The van der Waals surface area contributed by atoms with Crippen LogP contribution in [-0.2, 0) is 4.79 Å². The van der Waals surface area contributed by atoms with Crippen molar-refractivity contribution in [2.75, 3.05) is 0 Å². The van der Waals surface area contributed by atoms with Crippen LogP contribution in [0.15, 0.2) is 24.3 Å². The van der Waals surface area contributed by atoms with Crippen molar-refractivity contribution >= 4 is 18.2 Å². The van der Waals surface area contributed by atoms with Crippen molar-refractivity contribution in [3.05, 3.63) is 29.8 Å². The minimum Gasteiger partial charge on any atom is -0.478 e. The van der Waals surface area contributed by atoms with Gasteiger partial charge in [-0.2, -0.15) is 0 Å². The molecule has 0 amide bonds. The Labute approximate surface area is 79.4 Å². The number of carbonyl (C=O) groups is 2. The van der Waals surface area contributed by atoms with Gasteiger partial charge >= 0.3 is 11.9 Å². The van der Waals surface area contributed by atoms with E-state index in [4.69, 9.17) is 10.5 Å². The number of nitrogens with one attached hydrogen (secondary N) is 1. The van der Waals surface area contributed by atoms with E-state index in [9.17, 15) is 9.59 Å². The van der Waals surface area contributed by atoms with Crippen LogP contribution in [0.4, 0.5) is 0 Å². The zero-order chi connectivity index (χ0) is 10.6. The van der Waals surface area contributed by atoms with Crippen LogP contribution in [0.25, 0.3) is 0 Å². The molecule has 5 heteroatoms. The fourth-order valence-corrected chi connectivity index (χ4v) is 0.870. The molecular weight excluding hydrogens is 186 g/mol. The molecule has 0 saturated carbocycles. The summed E-state index contributed by atoms with van der Waals surface area (Å²) in [5.41, 5.74) is -0.109. The van der Waals surface area contributed by atoms with Gasteiger partial charge in [-0.15, -0.1) is 0 Å². The first-order chi connectivity index (χ1) is 6.65. The lowest BCUT2D eigenvalue weighted by Crippen LogP contribution is -2.11. The zero-order valence-electron chi connectivity index (χ0n) is 7.06. The van der Waals surface area contributed by atoms with Crippen LogP contribution in [0, 0.1) is 5.41 Å². The number of carboxylic acids is 1. The molecule has 0 bridgehead atoms. The van der Waals surface area contributed by atoms with Crippen LogP contribution < -0.4 is 4.74 Å². The maximum absolute atomic E-state index is 10.7. The van der Waals surface area contributed by atoms with E-state index in [-0.39, 0.29) is 11.3 Å². The molecule has 2 N–H and O–H groups in total. The molecule has 0 heterocycles. The number of hydrogen-bond acceptors (Lipinski definition) is 4. The van der Waals surface area contributed by atoms with Crippen LogP contribution in [-0.4, -0.2) is 23.3 Å². The van der Waals surface area contributed by atoms with Gasteiger partial charge in [0, 0.05) is 0 Å². The van der Waals surface area contributed by atoms with Gasteiger partial charge in [0.15, 0.2) is 0 Å². The maximum atomic E-state index is 10.7. The number of aromatic carboxylic acids is 1. The summed E-state index contributed by atoms with van der Waals surface area (Å²) in [5.74, 6) is -2.15. The van der Waals surface area contributed by atoms with E-state index >= 15 is 0 Å². The highest BCUT2D eigenvalue weighted by molar-refractivity contribution is 6.22. The second-order valence-corrected chi connectivity index (χ2v) is 2.37. The number of para-hydroxylation sites is 1. The van der Waals surface area contributed by atoms with E-state index in [0.29, 0.717) is 6.21 Å². The van der Waals surface area contributed by atoms with Crippen LogP contribution in [0.3, 0.4) is 0 Å². The lowest BCUT2D eigenvalue weighted by atomic mass is 10.2. The Balaban J connectivity index is 3.01. The Morgan fingerprint density at radius 1 is 1.36 bits per heavy atom. The SMILES string of the molecule is N=CC(=O)Oc1ccccc1C(=O)O. The molecule has 0 aromatic heterocycles. The molecule has 0 fully saturated rings. The van der Waals surface area contributed by atoms with Gasteiger partial charge in [-0.3, -0.25) is 0 Å². The predicted molar refractivity (Wildman–Crippen MR) is 47.8 cm³/mol. The molecule has 0 aliphatic carbocycles. The van der Waals surface area contributed by atoms with Crippen molar-refractivity contribution in [2.24, 2.45) is 0 Å². The molecule has 0 aliphatic heterocycles. The molecule has 5 nitrogen and oxygen atoms in total. The van der Waals surface area contributed by atoms with Gasteiger partial charge in [0.2, 0.25) is 0 Å². The highest BCUT2D eigenvalue weighted by Crippen LogP contribution is 2.17. The van der Waals surface area contributed by atoms with Gasteiger partial charge in [-0.05, 0) is 12.1 Å². The van der Waals surface area contributed by atoms with Gasteiger partial charge in [0.25, 0.3) is 0 Å². The molecule has 72 valence electrons. The molecule has 0 spiro atoms. The number of rotatable bonds is 3. The monoisotopic (exact) mass is 193 g/mol. The van der Waals surface area contributed by atoms with Crippen molar-refractivity contribution in [3.63, 3.8) is 0 Å². The van der Waals surface area contributed by atoms with Gasteiger partial charge < -0.3 is 15.3 Å². The molecule has 1 aromatic rings. The van der Waals surface area contributed by atoms with Crippen LogP contribution in [0.5, 0.6) is 5.75 Å². The van der Waals surface area contributed by atoms with Gasteiger partial charge in [-0.25, -0.2) is 9.59 Å². The summed E-state index contributed by atoms with van der Waals surface area (Å²) in [5, 5.41) is 15.3. The molecule has 0 radical (unpaired) electrons. The summed E-state index contributed by atoms with van der Waals surface area (Å²) in [6.45, 7) is 0. The Hall–Kier alpha value is -2.17. The molecule has 0 aliphatic rings. The van der Waals surface area contributed by atoms with Gasteiger partial charge in [0.05, 0.1) is 0 Å². The third-order valence-electron chi connectivity index (χ3n) is 1.45. The summed E-state index contributed by atoms with van der Waals surface area (Å²) < 4.78 is 4.59. The summed E-state index contributed by atoms with van der Waals surface area (Å²) in [4.78, 5) is 21.3. The number of carbonyl (C=O) groups excluding carboxylic acids is 1. The molecule has 0 unspecified atom stereocenters. The highest BCUT2D eigenvalue weighted by Gasteiger charge is 2.11. The minimum absolute atomic E-state index is 0.0616. The van der Waals surface area contributed by atoms with Crippen molar-refractivity contribution < 1.29 is 19.4 Å². The molecule has 1 aromatic carbocycles. The summed E-state index contributed by atoms with van der Waals surface area (Å²) >= 11 is 0. The van der Waals surface area contributed by atoms with Crippen LogP contribution in [0.1, 0.15) is 10.4 Å². The summed E-state index contributed by atoms with van der Waals surface area (Å²) in [6.07, 6.45) is 0.471. The third kappa shape index (κ3) is 2.16. The minimum atomic E-state index is -1.18. The summed E-state index contributed by atoms with van der Waals surface area (Å²) in [7, 11) is 0. The summed E-state index contributed by atoms with van der Waals surface area (Å²) in [6, 6.07) is 5.73. The lowest BCUT2D eigenvalue weighted by Gasteiger charge is -2.03.